The number of nitrogens with two attached hydrogens (primary N) is 1. The van der Waals surface area contributed by atoms with Crippen molar-refractivity contribution in [3.8, 4) is 17.1 Å². The molecule has 8 heteroatoms. The Morgan fingerprint density at radius 1 is 1.24 bits per heavy atom. The molecule has 0 saturated heterocycles. The van der Waals surface area contributed by atoms with Crippen LogP contribution in [0.4, 0.5) is 0 Å². The van der Waals surface area contributed by atoms with E-state index in [-0.39, 0.29) is 17.7 Å². The molecule has 0 saturated carbocycles. The number of rotatable bonds is 6. The first-order valence-corrected chi connectivity index (χ1v) is 10.5. The van der Waals surface area contributed by atoms with Crippen molar-refractivity contribution < 1.29 is 9.53 Å². The Morgan fingerprint density at radius 2 is 2.03 bits per heavy atom. The number of hydrogen-bond donors (Lipinski definition) is 2. The number of aromatic nitrogens is 3. The zero-order chi connectivity index (χ0) is 20.2. The number of hydrogen-bond acceptors (Lipinski definition) is 6. The normalized spacial score (nSPS) is 15.6. The second-order valence-electron chi connectivity index (χ2n) is 6.90. The van der Waals surface area contributed by atoms with Gasteiger partial charge in [0.1, 0.15) is 5.75 Å². The number of carbonyl (C=O) groups excluding carboxylic acids is 1. The standard InChI is InChI=1S/C21H23N5O2S/c1-28-16-11-9-15(10-12-16)20-24-25-21(26(20)22)29-13-19(27)23-18-8-4-6-14-5-2-3-7-17(14)18/h2-3,5,7,9-12,18H,4,6,8,13,22H2,1H3,(H,23,27)/t18-/m1/s1. The van der Waals surface area contributed by atoms with Crippen molar-refractivity contribution in [1.82, 2.24) is 20.2 Å². The van der Waals surface area contributed by atoms with Crippen LogP contribution in [0.1, 0.15) is 30.0 Å². The molecule has 1 aromatic heterocycles. The van der Waals surface area contributed by atoms with E-state index in [4.69, 9.17) is 10.6 Å². The van der Waals surface area contributed by atoms with Crippen LogP contribution in [0.5, 0.6) is 5.75 Å². The monoisotopic (exact) mass is 409 g/mol. The number of carbonyl (C=O) groups is 1. The Morgan fingerprint density at radius 3 is 2.83 bits per heavy atom. The van der Waals surface area contributed by atoms with Crippen LogP contribution in [0.25, 0.3) is 11.4 Å². The number of amides is 1. The summed E-state index contributed by atoms with van der Waals surface area (Å²) in [5.74, 6) is 7.64. The molecule has 0 unspecified atom stereocenters. The van der Waals surface area contributed by atoms with Crippen LogP contribution < -0.4 is 15.9 Å². The molecule has 1 heterocycles. The molecule has 1 amide bonds. The van der Waals surface area contributed by atoms with Crippen molar-refractivity contribution in [1.29, 1.82) is 0 Å². The minimum Gasteiger partial charge on any atom is -0.497 e. The summed E-state index contributed by atoms with van der Waals surface area (Å²) in [6.45, 7) is 0. The third kappa shape index (κ3) is 4.22. The molecule has 0 fully saturated rings. The summed E-state index contributed by atoms with van der Waals surface area (Å²) in [5, 5.41) is 11.9. The predicted octanol–water partition coefficient (Wildman–Crippen LogP) is 2.95. The molecule has 0 radical (unpaired) electrons. The molecule has 1 atom stereocenters. The second-order valence-corrected chi connectivity index (χ2v) is 7.85. The third-order valence-corrected chi connectivity index (χ3v) is 5.99. The van der Waals surface area contributed by atoms with Gasteiger partial charge in [-0.25, -0.2) is 4.68 Å². The van der Waals surface area contributed by atoms with Gasteiger partial charge in [-0.15, -0.1) is 10.2 Å². The van der Waals surface area contributed by atoms with Gasteiger partial charge >= 0.3 is 0 Å². The van der Waals surface area contributed by atoms with E-state index in [0.29, 0.717) is 11.0 Å². The maximum atomic E-state index is 12.5. The number of methoxy groups -OCH3 is 1. The van der Waals surface area contributed by atoms with Gasteiger partial charge in [0.2, 0.25) is 11.1 Å². The lowest BCUT2D eigenvalue weighted by atomic mass is 9.88. The fourth-order valence-electron chi connectivity index (χ4n) is 3.58. The van der Waals surface area contributed by atoms with Crippen LogP contribution in [0, 0.1) is 0 Å². The van der Waals surface area contributed by atoms with Gasteiger partial charge in [0.15, 0.2) is 5.82 Å². The summed E-state index contributed by atoms with van der Waals surface area (Å²) in [6, 6.07) is 15.8. The molecule has 1 aliphatic rings. The predicted molar refractivity (Wildman–Crippen MR) is 113 cm³/mol. The maximum absolute atomic E-state index is 12.5. The van der Waals surface area contributed by atoms with Gasteiger partial charge in [0.05, 0.1) is 18.9 Å². The fraction of sp³-hybridized carbons (Fsp3) is 0.286. The van der Waals surface area contributed by atoms with Crippen LogP contribution in [-0.2, 0) is 11.2 Å². The largest absolute Gasteiger partial charge is 0.497 e. The Kier molecular flexibility index (Phi) is 5.71. The first-order chi connectivity index (χ1) is 14.2. The smallest absolute Gasteiger partial charge is 0.230 e. The Bertz CT molecular complexity index is 1000. The number of aryl methyl sites for hydroxylation is 1. The SMILES string of the molecule is COc1ccc(-c2nnc(SCC(=O)N[C@@H]3CCCc4ccccc43)n2N)cc1. The summed E-state index contributed by atoms with van der Waals surface area (Å²) in [6.07, 6.45) is 3.11. The first kappa shape index (κ1) is 19.3. The highest BCUT2D eigenvalue weighted by Gasteiger charge is 2.22. The van der Waals surface area contributed by atoms with Crippen molar-refractivity contribution in [2.24, 2.45) is 0 Å². The van der Waals surface area contributed by atoms with Gasteiger partial charge in [-0.05, 0) is 54.7 Å². The van der Waals surface area contributed by atoms with Crippen molar-refractivity contribution in [2.75, 3.05) is 18.7 Å². The number of fused-ring (bicyclic) bond motifs is 1. The van der Waals surface area contributed by atoms with Crippen molar-refractivity contribution in [3.63, 3.8) is 0 Å². The van der Waals surface area contributed by atoms with Gasteiger partial charge in [0, 0.05) is 5.56 Å². The molecule has 2 aromatic carbocycles. The van der Waals surface area contributed by atoms with E-state index in [9.17, 15) is 4.79 Å². The number of ether oxygens (including phenoxy) is 1. The highest BCUT2D eigenvalue weighted by atomic mass is 32.2. The minimum absolute atomic E-state index is 0.0364. The van der Waals surface area contributed by atoms with Gasteiger partial charge in [-0.3, -0.25) is 4.79 Å². The molecule has 0 spiro atoms. The van der Waals surface area contributed by atoms with E-state index in [2.05, 4.69) is 27.6 Å². The van der Waals surface area contributed by atoms with E-state index in [1.165, 1.54) is 27.6 Å². The molecule has 3 aromatic rings. The lowest BCUT2D eigenvalue weighted by Crippen LogP contribution is -2.32. The van der Waals surface area contributed by atoms with Crippen LogP contribution >= 0.6 is 11.8 Å². The molecule has 3 N–H and O–H groups in total. The molecule has 0 aliphatic heterocycles. The number of nitrogens with one attached hydrogen (secondary N) is 1. The molecular formula is C21H23N5O2S. The number of benzene rings is 2. The fourth-order valence-corrected chi connectivity index (χ4v) is 4.25. The summed E-state index contributed by atoms with van der Waals surface area (Å²) in [4.78, 5) is 12.5. The average molecular weight is 410 g/mol. The van der Waals surface area contributed by atoms with Crippen LogP contribution in [-0.4, -0.2) is 33.6 Å². The van der Waals surface area contributed by atoms with E-state index in [1.807, 2.05) is 36.4 Å². The summed E-state index contributed by atoms with van der Waals surface area (Å²) < 4.78 is 6.58. The van der Waals surface area contributed by atoms with E-state index in [0.717, 1.165) is 30.6 Å². The van der Waals surface area contributed by atoms with Crippen LogP contribution in [0.3, 0.4) is 0 Å². The average Bonchev–Trinajstić information content (AvgIpc) is 3.13. The highest BCUT2D eigenvalue weighted by Crippen LogP contribution is 2.30. The van der Waals surface area contributed by atoms with Crippen molar-refractivity contribution >= 4 is 17.7 Å². The van der Waals surface area contributed by atoms with Crippen molar-refractivity contribution in [2.45, 2.75) is 30.5 Å². The minimum atomic E-state index is -0.0364. The van der Waals surface area contributed by atoms with Crippen molar-refractivity contribution in [3.05, 3.63) is 59.7 Å². The molecule has 7 nitrogen and oxygen atoms in total. The van der Waals surface area contributed by atoms with E-state index in [1.54, 1.807) is 7.11 Å². The second kappa shape index (κ2) is 8.57. The zero-order valence-corrected chi connectivity index (χ0v) is 17.0. The summed E-state index contributed by atoms with van der Waals surface area (Å²) >= 11 is 1.28. The van der Waals surface area contributed by atoms with E-state index >= 15 is 0 Å². The molecule has 4 rings (SSSR count). The van der Waals surface area contributed by atoms with Crippen LogP contribution in [0.15, 0.2) is 53.7 Å². The molecule has 1 aliphatic carbocycles. The lowest BCUT2D eigenvalue weighted by molar-refractivity contribution is -0.119. The Labute approximate surface area is 173 Å². The van der Waals surface area contributed by atoms with Gasteiger partial charge in [-0.1, -0.05) is 36.0 Å². The molecule has 150 valence electrons. The van der Waals surface area contributed by atoms with E-state index < -0.39 is 0 Å². The topological polar surface area (TPSA) is 95.1 Å². The first-order valence-electron chi connectivity index (χ1n) is 9.50. The maximum Gasteiger partial charge on any atom is 0.230 e. The summed E-state index contributed by atoms with van der Waals surface area (Å²) in [7, 11) is 1.62. The van der Waals surface area contributed by atoms with Gasteiger partial charge < -0.3 is 15.9 Å². The zero-order valence-electron chi connectivity index (χ0n) is 16.2. The van der Waals surface area contributed by atoms with Gasteiger partial charge in [-0.2, -0.15) is 0 Å². The molecular weight excluding hydrogens is 386 g/mol. The third-order valence-electron chi connectivity index (χ3n) is 5.05. The highest BCUT2D eigenvalue weighted by molar-refractivity contribution is 7.99. The number of thioether (sulfide) groups is 1. The molecule has 0 bridgehead atoms. The number of nitrogens with zero attached hydrogens (tertiary/aromatic N) is 3. The van der Waals surface area contributed by atoms with Gasteiger partial charge in [0.25, 0.3) is 0 Å². The lowest BCUT2D eigenvalue weighted by Gasteiger charge is -2.26. The number of nitrogen functional groups attached to an aromatic ring is 1. The summed E-state index contributed by atoms with van der Waals surface area (Å²) in [5.41, 5.74) is 3.37. The molecule has 29 heavy (non-hydrogen) atoms. The Balaban J connectivity index is 1.38. The van der Waals surface area contributed by atoms with Crippen LogP contribution in [0.2, 0.25) is 0 Å². The quantitative estimate of drug-likeness (QED) is 0.480. The Hall–Kier alpha value is -3.00.